The van der Waals surface area contributed by atoms with Crippen LogP contribution in [0.2, 0.25) is 0 Å². The number of aryl methyl sites for hydroxylation is 1. The summed E-state index contributed by atoms with van der Waals surface area (Å²) >= 11 is 0. The molecule has 2 rings (SSSR count). The molecule has 1 heterocycles. The van der Waals surface area contributed by atoms with Crippen LogP contribution in [0.3, 0.4) is 0 Å². The average molecular weight is 252 g/mol. The van der Waals surface area contributed by atoms with Crippen molar-refractivity contribution in [1.82, 2.24) is 10.3 Å². The third kappa shape index (κ3) is 2.56. The number of rotatable bonds is 4. The zero-order chi connectivity index (χ0) is 13.1. The molecule has 0 aliphatic rings. The van der Waals surface area contributed by atoms with E-state index in [0.29, 0.717) is 23.6 Å². The van der Waals surface area contributed by atoms with Crippen LogP contribution in [0.15, 0.2) is 22.7 Å². The van der Waals surface area contributed by atoms with E-state index in [2.05, 4.69) is 10.3 Å². The Hall–Kier alpha value is -1.75. The molecule has 0 atom stereocenters. The predicted molar refractivity (Wildman–Crippen MR) is 64.2 cm³/mol. The summed E-state index contributed by atoms with van der Waals surface area (Å²) in [6, 6.07) is 2.29. The highest BCUT2D eigenvalue weighted by atomic mass is 19.1. The predicted octanol–water partition coefficient (Wildman–Crippen LogP) is 2.69. The van der Waals surface area contributed by atoms with Crippen molar-refractivity contribution in [2.75, 3.05) is 13.6 Å². The van der Waals surface area contributed by atoms with Crippen molar-refractivity contribution < 1.29 is 13.2 Å². The van der Waals surface area contributed by atoms with Crippen LogP contribution in [0.4, 0.5) is 8.78 Å². The van der Waals surface area contributed by atoms with Gasteiger partial charge in [-0.3, -0.25) is 0 Å². The Morgan fingerprint density at radius 2 is 2.06 bits per heavy atom. The van der Waals surface area contributed by atoms with Gasteiger partial charge in [-0.2, -0.15) is 0 Å². The molecular formula is C13H14F2N2O. The smallest absolute Gasteiger partial charge is 0.196 e. The number of hydrogen-bond donors (Lipinski definition) is 1. The van der Waals surface area contributed by atoms with Crippen molar-refractivity contribution in [2.45, 2.75) is 13.3 Å². The van der Waals surface area contributed by atoms with Gasteiger partial charge < -0.3 is 9.73 Å². The number of hydrogen-bond acceptors (Lipinski definition) is 3. The Labute approximate surface area is 104 Å². The van der Waals surface area contributed by atoms with Gasteiger partial charge in [-0.1, -0.05) is 0 Å². The second-order valence-corrected chi connectivity index (χ2v) is 4.05. The van der Waals surface area contributed by atoms with Gasteiger partial charge in [-0.05, 0) is 25.6 Å². The van der Waals surface area contributed by atoms with Crippen molar-refractivity contribution in [2.24, 2.45) is 0 Å². The highest BCUT2D eigenvalue weighted by Gasteiger charge is 2.13. The molecule has 18 heavy (non-hydrogen) atoms. The first kappa shape index (κ1) is 12.7. The van der Waals surface area contributed by atoms with Gasteiger partial charge in [0, 0.05) is 19.0 Å². The molecule has 0 spiro atoms. The summed E-state index contributed by atoms with van der Waals surface area (Å²) < 4.78 is 32.2. The van der Waals surface area contributed by atoms with E-state index >= 15 is 0 Å². The van der Waals surface area contributed by atoms with Crippen molar-refractivity contribution in [3.8, 4) is 11.3 Å². The second kappa shape index (κ2) is 5.27. The third-order valence-corrected chi connectivity index (χ3v) is 2.66. The molecule has 1 N–H and O–H groups in total. The van der Waals surface area contributed by atoms with Crippen LogP contribution in [-0.2, 0) is 6.42 Å². The quantitative estimate of drug-likeness (QED) is 0.909. The molecular weight excluding hydrogens is 238 g/mol. The maximum Gasteiger partial charge on any atom is 0.196 e. The number of aromatic nitrogens is 1. The van der Waals surface area contributed by atoms with Crippen molar-refractivity contribution in [1.29, 1.82) is 0 Å². The lowest BCUT2D eigenvalue weighted by molar-refractivity contribution is 0.496. The zero-order valence-electron chi connectivity index (χ0n) is 10.3. The number of likely N-dealkylation sites (N-methyl/N-ethyl adjacent to an activating group) is 1. The SMILES string of the molecule is CNCCc1ncc(-c2cc(C)c(F)cc2F)o1. The van der Waals surface area contributed by atoms with E-state index in [0.717, 1.165) is 12.6 Å². The average Bonchev–Trinajstić information content (AvgIpc) is 2.79. The minimum absolute atomic E-state index is 0.233. The fourth-order valence-electron chi connectivity index (χ4n) is 1.63. The van der Waals surface area contributed by atoms with Gasteiger partial charge in [0.15, 0.2) is 11.7 Å². The Kier molecular flexibility index (Phi) is 3.72. The molecule has 96 valence electrons. The van der Waals surface area contributed by atoms with E-state index in [-0.39, 0.29) is 5.56 Å². The number of nitrogens with one attached hydrogen (secondary N) is 1. The van der Waals surface area contributed by atoms with Gasteiger partial charge in [0.25, 0.3) is 0 Å². The molecule has 0 aliphatic carbocycles. The van der Waals surface area contributed by atoms with E-state index in [1.165, 1.54) is 12.3 Å². The lowest BCUT2D eigenvalue weighted by atomic mass is 10.1. The summed E-state index contributed by atoms with van der Waals surface area (Å²) in [5.74, 6) is -0.358. The first-order valence-corrected chi connectivity index (χ1v) is 5.67. The standard InChI is InChI=1S/C13H14F2N2O/c1-8-5-9(11(15)6-10(8)14)12-7-17-13(18-12)3-4-16-2/h5-7,16H,3-4H2,1-2H3. The molecule has 0 saturated carbocycles. The van der Waals surface area contributed by atoms with Gasteiger partial charge >= 0.3 is 0 Å². The molecule has 0 saturated heterocycles. The van der Waals surface area contributed by atoms with Crippen LogP contribution in [-0.4, -0.2) is 18.6 Å². The highest BCUT2D eigenvalue weighted by molar-refractivity contribution is 5.58. The monoisotopic (exact) mass is 252 g/mol. The molecule has 0 radical (unpaired) electrons. The Morgan fingerprint density at radius 3 is 2.78 bits per heavy atom. The van der Waals surface area contributed by atoms with E-state index < -0.39 is 11.6 Å². The van der Waals surface area contributed by atoms with Crippen LogP contribution >= 0.6 is 0 Å². The topological polar surface area (TPSA) is 38.1 Å². The Bertz CT molecular complexity index is 552. The summed E-state index contributed by atoms with van der Waals surface area (Å²) in [4.78, 5) is 4.06. The number of benzene rings is 1. The van der Waals surface area contributed by atoms with Gasteiger partial charge in [-0.15, -0.1) is 0 Å². The van der Waals surface area contributed by atoms with Gasteiger partial charge in [0.2, 0.25) is 0 Å². The Morgan fingerprint density at radius 1 is 1.28 bits per heavy atom. The molecule has 1 aromatic heterocycles. The molecule has 2 aromatic rings. The molecule has 0 fully saturated rings. The minimum atomic E-state index is -0.644. The zero-order valence-corrected chi connectivity index (χ0v) is 10.3. The Balaban J connectivity index is 2.31. The fraction of sp³-hybridized carbons (Fsp3) is 0.308. The first-order valence-electron chi connectivity index (χ1n) is 5.67. The highest BCUT2D eigenvalue weighted by Crippen LogP contribution is 2.26. The summed E-state index contributed by atoms with van der Waals surface area (Å²) in [5.41, 5.74) is 0.608. The lowest BCUT2D eigenvalue weighted by Crippen LogP contribution is -2.10. The second-order valence-electron chi connectivity index (χ2n) is 4.05. The minimum Gasteiger partial charge on any atom is -0.441 e. The van der Waals surface area contributed by atoms with Crippen molar-refractivity contribution >= 4 is 0 Å². The van der Waals surface area contributed by atoms with E-state index in [4.69, 9.17) is 4.42 Å². The summed E-state index contributed by atoms with van der Waals surface area (Å²) in [5, 5.41) is 2.97. The summed E-state index contributed by atoms with van der Waals surface area (Å²) in [6.07, 6.45) is 2.08. The number of oxazole rings is 1. The first-order chi connectivity index (χ1) is 8.61. The molecule has 1 aromatic carbocycles. The lowest BCUT2D eigenvalue weighted by Gasteiger charge is -2.02. The molecule has 0 aliphatic heterocycles. The van der Waals surface area contributed by atoms with Crippen LogP contribution in [0, 0.1) is 18.6 Å². The van der Waals surface area contributed by atoms with E-state index in [1.807, 2.05) is 7.05 Å². The molecule has 0 unspecified atom stereocenters. The molecule has 5 heteroatoms. The molecule has 0 bridgehead atoms. The van der Waals surface area contributed by atoms with Crippen molar-refractivity contribution in [3.63, 3.8) is 0 Å². The summed E-state index contributed by atoms with van der Waals surface area (Å²) in [6.45, 7) is 2.31. The number of nitrogens with zero attached hydrogens (tertiary/aromatic N) is 1. The number of halogens is 2. The van der Waals surface area contributed by atoms with Gasteiger partial charge in [0.05, 0.1) is 11.8 Å². The normalized spacial score (nSPS) is 10.9. The third-order valence-electron chi connectivity index (χ3n) is 2.66. The van der Waals surface area contributed by atoms with E-state index in [1.54, 1.807) is 6.92 Å². The van der Waals surface area contributed by atoms with Crippen LogP contribution < -0.4 is 5.32 Å². The maximum atomic E-state index is 13.6. The summed E-state index contributed by atoms with van der Waals surface area (Å²) in [7, 11) is 1.83. The largest absolute Gasteiger partial charge is 0.441 e. The molecule has 3 nitrogen and oxygen atoms in total. The van der Waals surface area contributed by atoms with Gasteiger partial charge in [-0.25, -0.2) is 13.8 Å². The van der Waals surface area contributed by atoms with Crippen LogP contribution in [0.1, 0.15) is 11.5 Å². The molecule has 0 amide bonds. The fourth-order valence-corrected chi connectivity index (χ4v) is 1.63. The maximum absolute atomic E-state index is 13.6. The van der Waals surface area contributed by atoms with E-state index in [9.17, 15) is 8.78 Å². The van der Waals surface area contributed by atoms with Crippen molar-refractivity contribution in [3.05, 3.63) is 41.4 Å². The van der Waals surface area contributed by atoms with Crippen LogP contribution in [0.25, 0.3) is 11.3 Å². The van der Waals surface area contributed by atoms with Crippen LogP contribution in [0.5, 0.6) is 0 Å². The van der Waals surface area contributed by atoms with Gasteiger partial charge in [0.1, 0.15) is 11.6 Å².